The molecule has 0 radical (unpaired) electrons. The summed E-state index contributed by atoms with van der Waals surface area (Å²) in [5, 5.41) is 0. The zero-order valence-corrected chi connectivity index (χ0v) is 9.71. The van der Waals surface area contributed by atoms with Gasteiger partial charge in [0.2, 0.25) is 0 Å². The summed E-state index contributed by atoms with van der Waals surface area (Å²) in [5.41, 5.74) is 0. The highest BCUT2D eigenvalue weighted by Gasteiger charge is 2.12. The minimum atomic E-state index is 0.637. The van der Waals surface area contributed by atoms with Crippen LogP contribution in [0.25, 0.3) is 0 Å². The van der Waals surface area contributed by atoms with Crippen molar-refractivity contribution in [1.82, 2.24) is 4.98 Å². The minimum absolute atomic E-state index is 0.637. The predicted octanol–water partition coefficient (Wildman–Crippen LogP) is 3.14. The molecular weight excluding hydrogens is 172 g/mol. The lowest BCUT2D eigenvalue weighted by Crippen LogP contribution is -2.38. The molecule has 0 spiro atoms. The molecule has 1 heterocycles. The first-order valence-corrected chi connectivity index (χ1v) is 5.80. The summed E-state index contributed by atoms with van der Waals surface area (Å²) in [6.07, 6.45) is 10.9. The van der Waals surface area contributed by atoms with E-state index >= 15 is 0 Å². The second-order valence-electron chi connectivity index (χ2n) is 4.15. The fourth-order valence-electron chi connectivity index (χ4n) is 1.91. The molecule has 1 atom stereocenters. The van der Waals surface area contributed by atoms with Crippen LogP contribution in [0.5, 0.6) is 0 Å². The highest BCUT2D eigenvalue weighted by molar-refractivity contribution is 4.72. The van der Waals surface area contributed by atoms with E-state index in [1.807, 2.05) is 6.20 Å². The van der Waals surface area contributed by atoms with Crippen LogP contribution in [0.2, 0.25) is 0 Å². The third kappa shape index (κ3) is 3.17. The summed E-state index contributed by atoms with van der Waals surface area (Å²) < 4.78 is 2.33. The SMILES string of the molecule is CCCCCCC(C)[n+]1cc[nH]c1C. The average Bonchev–Trinajstić information content (AvgIpc) is 2.59. The van der Waals surface area contributed by atoms with E-state index in [4.69, 9.17) is 0 Å². The number of nitrogens with one attached hydrogen (secondary N) is 1. The van der Waals surface area contributed by atoms with Gasteiger partial charge in [-0.2, -0.15) is 0 Å². The van der Waals surface area contributed by atoms with Crippen LogP contribution in [0.1, 0.15) is 57.8 Å². The number of hydrogen-bond donors (Lipinski definition) is 1. The van der Waals surface area contributed by atoms with Crippen LogP contribution in [-0.2, 0) is 0 Å². The van der Waals surface area contributed by atoms with Crippen LogP contribution in [0.4, 0.5) is 0 Å². The minimum Gasteiger partial charge on any atom is -0.248 e. The van der Waals surface area contributed by atoms with Gasteiger partial charge >= 0.3 is 0 Å². The summed E-state index contributed by atoms with van der Waals surface area (Å²) in [7, 11) is 0. The van der Waals surface area contributed by atoms with Crippen LogP contribution in [-0.4, -0.2) is 4.98 Å². The van der Waals surface area contributed by atoms with Gasteiger partial charge in [0.25, 0.3) is 5.82 Å². The monoisotopic (exact) mass is 195 g/mol. The molecule has 0 aliphatic heterocycles. The Morgan fingerprint density at radius 3 is 2.71 bits per heavy atom. The Morgan fingerprint density at radius 1 is 1.36 bits per heavy atom. The first-order valence-electron chi connectivity index (χ1n) is 5.80. The molecule has 0 saturated heterocycles. The third-order valence-electron chi connectivity index (χ3n) is 2.86. The van der Waals surface area contributed by atoms with Crippen molar-refractivity contribution in [3.63, 3.8) is 0 Å². The molecule has 1 aromatic rings. The van der Waals surface area contributed by atoms with Crippen LogP contribution in [0.3, 0.4) is 0 Å². The fourth-order valence-corrected chi connectivity index (χ4v) is 1.91. The first kappa shape index (κ1) is 11.3. The number of rotatable bonds is 6. The molecule has 0 saturated carbocycles. The summed E-state index contributed by atoms with van der Waals surface area (Å²) in [5.74, 6) is 1.26. The lowest BCUT2D eigenvalue weighted by molar-refractivity contribution is -0.724. The van der Waals surface area contributed by atoms with Gasteiger partial charge in [-0.25, -0.2) is 9.55 Å². The fraction of sp³-hybridized carbons (Fsp3) is 0.750. The van der Waals surface area contributed by atoms with Gasteiger partial charge in [-0.1, -0.05) is 26.2 Å². The summed E-state index contributed by atoms with van der Waals surface area (Å²) in [6.45, 7) is 6.68. The largest absolute Gasteiger partial charge is 0.251 e. The zero-order valence-electron chi connectivity index (χ0n) is 9.71. The molecule has 80 valence electrons. The van der Waals surface area contributed by atoms with Gasteiger partial charge in [-0.15, -0.1) is 0 Å². The smallest absolute Gasteiger partial charge is 0.248 e. The molecule has 0 bridgehead atoms. The molecule has 0 aromatic carbocycles. The van der Waals surface area contributed by atoms with Crippen LogP contribution in [0, 0.1) is 6.92 Å². The Hall–Kier alpha value is -0.790. The number of aryl methyl sites for hydroxylation is 1. The van der Waals surface area contributed by atoms with Crippen molar-refractivity contribution >= 4 is 0 Å². The van der Waals surface area contributed by atoms with Crippen molar-refractivity contribution in [3.05, 3.63) is 18.2 Å². The van der Waals surface area contributed by atoms with Crippen molar-refractivity contribution in [2.45, 2.75) is 58.9 Å². The molecule has 2 nitrogen and oxygen atoms in total. The van der Waals surface area contributed by atoms with Crippen molar-refractivity contribution in [1.29, 1.82) is 0 Å². The van der Waals surface area contributed by atoms with Gasteiger partial charge in [0.1, 0.15) is 12.4 Å². The Morgan fingerprint density at radius 2 is 2.14 bits per heavy atom. The molecule has 1 unspecified atom stereocenters. The quantitative estimate of drug-likeness (QED) is 0.531. The van der Waals surface area contributed by atoms with Crippen molar-refractivity contribution in [3.8, 4) is 0 Å². The zero-order chi connectivity index (χ0) is 10.4. The van der Waals surface area contributed by atoms with E-state index in [0.717, 1.165) is 0 Å². The van der Waals surface area contributed by atoms with E-state index in [2.05, 4.69) is 36.5 Å². The van der Waals surface area contributed by atoms with Crippen molar-refractivity contribution in [2.24, 2.45) is 0 Å². The highest BCUT2D eigenvalue weighted by Crippen LogP contribution is 2.10. The number of aromatic nitrogens is 2. The number of nitrogens with zero attached hydrogens (tertiary/aromatic N) is 1. The van der Waals surface area contributed by atoms with E-state index in [-0.39, 0.29) is 0 Å². The topological polar surface area (TPSA) is 19.7 Å². The number of imidazole rings is 1. The molecule has 1 N–H and O–H groups in total. The lowest BCUT2D eigenvalue weighted by Gasteiger charge is -2.08. The van der Waals surface area contributed by atoms with E-state index < -0.39 is 0 Å². The van der Waals surface area contributed by atoms with E-state index in [0.29, 0.717) is 6.04 Å². The molecule has 1 rings (SSSR count). The van der Waals surface area contributed by atoms with E-state index in [1.165, 1.54) is 37.9 Å². The first-order chi connectivity index (χ1) is 6.75. The molecule has 2 heteroatoms. The van der Waals surface area contributed by atoms with Gasteiger partial charge in [-0.05, 0) is 19.8 Å². The summed E-state index contributed by atoms with van der Waals surface area (Å²) in [4.78, 5) is 3.21. The highest BCUT2D eigenvalue weighted by atomic mass is 15.1. The second kappa shape index (κ2) is 5.84. The summed E-state index contributed by atoms with van der Waals surface area (Å²) >= 11 is 0. The van der Waals surface area contributed by atoms with Crippen LogP contribution < -0.4 is 4.57 Å². The van der Waals surface area contributed by atoms with Gasteiger partial charge in [-0.3, -0.25) is 0 Å². The third-order valence-corrected chi connectivity index (χ3v) is 2.86. The van der Waals surface area contributed by atoms with Gasteiger partial charge < -0.3 is 0 Å². The van der Waals surface area contributed by atoms with Crippen molar-refractivity contribution < 1.29 is 4.57 Å². The van der Waals surface area contributed by atoms with Crippen molar-refractivity contribution in [2.75, 3.05) is 0 Å². The summed E-state index contributed by atoms with van der Waals surface area (Å²) in [6, 6.07) is 0.637. The Bertz CT molecular complexity index is 253. The maximum atomic E-state index is 3.21. The molecule has 0 fully saturated rings. The standard InChI is InChI=1S/C12H22N2/c1-4-5-6-7-8-11(2)14-10-9-13-12(14)3/h9-11H,4-8H2,1-3H3/p+1. The average molecular weight is 195 g/mol. The van der Waals surface area contributed by atoms with Gasteiger partial charge in [0, 0.05) is 6.92 Å². The number of hydrogen-bond acceptors (Lipinski definition) is 0. The molecule has 14 heavy (non-hydrogen) atoms. The number of aromatic amines is 1. The number of unbranched alkanes of at least 4 members (excludes halogenated alkanes) is 3. The van der Waals surface area contributed by atoms with E-state index in [9.17, 15) is 0 Å². The molecule has 0 aliphatic carbocycles. The molecule has 0 aliphatic rings. The Balaban J connectivity index is 2.28. The maximum absolute atomic E-state index is 3.21. The lowest BCUT2D eigenvalue weighted by atomic mass is 10.1. The Labute approximate surface area is 87.4 Å². The Kier molecular flexibility index (Phi) is 4.71. The molecule has 0 amide bonds. The van der Waals surface area contributed by atoms with Gasteiger partial charge in [0.05, 0.1) is 6.04 Å². The van der Waals surface area contributed by atoms with Crippen LogP contribution in [0.15, 0.2) is 12.4 Å². The second-order valence-corrected chi connectivity index (χ2v) is 4.15. The predicted molar refractivity (Wildman–Crippen MR) is 59.2 cm³/mol. The maximum Gasteiger partial charge on any atom is 0.251 e. The van der Waals surface area contributed by atoms with Gasteiger partial charge in [0.15, 0.2) is 0 Å². The molecular formula is C12H23N2+. The van der Waals surface area contributed by atoms with E-state index in [1.54, 1.807) is 0 Å². The van der Waals surface area contributed by atoms with Crippen LogP contribution >= 0.6 is 0 Å². The number of H-pyrrole nitrogens is 1. The molecule has 1 aromatic heterocycles. The normalized spacial score (nSPS) is 13.1.